The molecule has 0 atom stereocenters. The number of nitrogens with one attached hydrogen (secondary N) is 2. The van der Waals surface area contributed by atoms with E-state index in [4.69, 9.17) is 17.0 Å². The maximum absolute atomic E-state index is 5.54. The van der Waals surface area contributed by atoms with E-state index < -0.39 is 0 Å². The van der Waals surface area contributed by atoms with Crippen molar-refractivity contribution in [1.29, 1.82) is 0 Å². The highest BCUT2D eigenvalue weighted by molar-refractivity contribution is 7.80. The summed E-state index contributed by atoms with van der Waals surface area (Å²) in [5.41, 5.74) is 6.65. The molecule has 3 nitrogen and oxygen atoms in total. The molecule has 0 radical (unpaired) electrons. The predicted molar refractivity (Wildman–Crippen MR) is 124 cm³/mol. The number of rotatable bonds is 5. The first-order chi connectivity index (χ1) is 13.5. The van der Waals surface area contributed by atoms with Crippen LogP contribution in [0.2, 0.25) is 0 Å². The van der Waals surface area contributed by atoms with E-state index in [1.165, 1.54) is 11.1 Å². The zero-order valence-corrected chi connectivity index (χ0v) is 17.6. The number of benzene rings is 3. The number of thiocarbonyl (C=S) groups is 1. The molecule has 3 aromatic carbocycles. The molecule has 0 aromatic heterocycles. The van der Waals surface area contributed by atoms with Crippen LogP contribution < -0.4 is 15.4 Å². The van der Waals surface area contributed by atoms with Crippen LogP contribution in [-0.2, 0) is 0 Å². The molecular weight excluding hydrogens is 364 g/mol. The van der Waals surface area contributed by atoms with Crippen LogP contribution >= 0.6 is 12.2 Å². The van der Waals surface area contributed by atoms with Crippen LogP contribution in [-0.4, -0.2) is 12.2 Å². The highest BCUT2D eigenvalue weighted by atomic mass is 32.1. The smallest absolute Gasteiger partial charge is 0.175 e. The van der Waals surface area contributed by atoms with Gasteiger partial charge in [0.15, 0.2) is 5.11 Å². The van der Waals surface area contributed by atoms with E-state index in [1.807, 2.05) is 30.3 Å². The van der Waals surface area contributed by atoms with Gasteiger partial charge in [-0.15, -0.1) is 0 Å². The molecule has 0 amide bonds. The summed E-state index contributed by atoms with van der Waals surface area (Å²) in [6.45, 7) is 6.53. The number of anilines is 2. The summed E-state index contributed by atoms with van der Waals surface area (Å²) in [4.78, 5) is 0. The molecule has 0 spiro atoms. The molecule has 3 rings (SSSR count). The minimum absolute atomic E-state index is 0.504. The largest absolute Gasteiger partial charge is 0.495 e. The van der Waals surface area contributed by atoms with E-state index in [2.05, 4.69) is 67.8 Å². The molecule has 3 aromatic rings. The van der Waals surface area contributed by atoms with Gasteiger partial charge >= 0.3 is 0 Å². The minimum atomic E-state index is 0.504. The van der Waals surface area contributed by atoms with Gasteiger partial charge in [0.1, 0.15) is 5.75 Å². The zero-order chi connectivity index (χ0) is 20.1. The first kappa shape index (κ1) is 19.9. The Morgan fingerprint density at radius 3 is 2.29 bits per heavy atom. The Morgan fingerprint density at radius 2 is 1.64 bits per heavy atom. The molecule has 2 N–H and O–H groups in total. The third-order valence-electron chi connectivity index (χ3n) is 4.70. The maximum atomic E-state index is 5.54. The van der Waals surface area contributed by atoms with Crippen LogP contribution in [0.4, 0.5) is 11.4 Å². The zero-order valence-electron chi connectivity index (χ0n) is 16.7. The Bertz CT molecular complexity index is 968. The minimum Gasteiger partial charge on any atom is -0.495 e. The van der Waals surface area contributed by atoms with Gasteiger partial charge in [-0.25, -0.2) is 0 Å². The highest BCUT2D eigenvalue weighted by Crippen LogP contribution is 2.31. The number of hydrogen-bond acceptors (Lipinski definition) is 2. The van der Waals surface area contributed by atoms with Crippen molar-refractivity contribution in [1.82, 2.24) is 0 Å². The number of methoxy groups -OCH3 is 1. The lowest BCUT2D eigenvalue weighted by Gasteiger charge is -2.16. The third-order valence-corrected chi connectivity index (χ3v) is 4.91. The summed E-state index contributed by atoms with van der Waals surface area (Å²) in [5, 5.41) is 7.07. The third kappa shape index (κ3) is 4.70. The average molecular weight is 391 g/mol. The van der Waals surface area contributed by atoms with E-state index in [0.29, 0.717) is 11.0 Å². The molecule has 4 heteroatoms. The van der Waals surface area contributed by atoms with E-state index >= 15 is 0 Å². The monoisotopic (exact) mass is 390 g/mol. The second kappa shape index (κ2) is 8.89. The standard InChI is InChI=1S/C24H26N2OS/c1-16(2)21-12-11-20(14-17(21)3)25-24(28)26-22-15-19(10-13-23(22)27-4)18-8-6-5-7-9-18/h5-16H,1-4H3,(H2,25,26,28). The van der Waals surface area contributed by atoms with E-state index in [1.54, 1.807) is 7.11 Å². The molecule has 0 bridgehead atoms. The first-order valence-corrected chi connectivity index (χ1v) is 9.80. The van der Waals surface area contributed by atoms with Crippen molar-refractivity contribution in [3.8, 4) is 16.9 Å². The van der Waals surface area contributed by atoms with Crippen molar-refractivity contribution >= 4 is 28.7 Å². The van der Waals surface area contributed by atoms with Crippen molar-refractivity contribution < 1.29 is 4.74 Å². The van der Waals surface area contributed by atoms with Gasteiger partial charge in [-0.05, 0) is 71.6 Å². The summed E-state index contributed by atoms with van der Waals surface area (Å²) in [5.74, 6) is 1.25. The second-order valence-electron chi connectivity index (χ2n) is 7.09. The predicted octanol–water partition coefficient (Wildman–Crippen LogP) is 6.60. The Hall–Kier alpha value is -2.85. The van der Waals surface area contributed by atoms with E-state index in [-0.39, 0.29) is 0 Å². The molecule has 0 unspecified atom stereocenters. The Balaban J connectivity index is 1.79. The average Bonchev–Trinajstić information content (AvgIpc) is 2.68. The highest BCUT2D eigenvalue weighted by Gasteiger charge is 2.09. The Kier molecular flexibility index (Phi) is 6.32. The fraction of sp³-hybridized carbons (Fsp3) is 0.208. The number of hydrogen-bond donors (Lipinski definition) is 2. The lowest BCUT2D eigenvalue weighted by molar-refractivity contribution is 0.417. The quantitative estimate of drug-likeness (QED) is 0.481. The summed E-state index contributed by atoms with van der Waals surface area (Å²) >= 11 is 5.54. The molecule has 144 valence electrons. The fourth-order valence-electron chi connectivity index (χ4n) is 3.30. The molecule has 0 fully saturated rings. The van der Waals surface area contributed by atoms with Crippen LogP contribution in [0, 0.1) is 6.92 Å². The summed E-state index contributed by atoms with van der Waals surface area (Å²) < 4.78 is 5.50. The van der Waals surface area contributed by atoms with Crippen molar-refractivity contribution in [3.63, 3.8) is 0 Å². The molecule has 0 heterocycles. The number of ether oxygens (including phenoxy) is 1. The second-order valence-corrected chi connectivity index (χ2v) is 7.49. The van der Waals surface area contributed by atoms with Gasteiger partial charge in [0.2, 0.25) is 0 Å². The van der Waals surface area contributed by atoms with Crippen LogP contribution in [0.1, 0.15) is 30.9 Å². The van der Waals surface area contributed by atoms with Crippen LogP contribution in [0.25, 0.3) is 11.1 Å². The van der Waals surface area contributed by atoms with Crippen molar-refractivity contribution in [3.05, 3.63) is 77.9 Å². The molecule has 0 saturated carbocycles. The van der Waals surface area contributed by atoms with Crippen molar-refractivity contribution in [2.75, 3.05) is 17.7 Å². The van der Waals surface area contributed by atoms with Crippen molar-refractivity contribution in [2.24, 2.45) is 0 Å². The molecule has 28 heavy (non-hydrogen) atoms. The number of aryl methyl sites for hydroxylation is 1. The fourth-order valence-corrected chi connectivity index (χ4v) is 3.53. The Morgan fingerprint density at radius 1 is 0.893 bits per heavy atom. The van der Waals surface area contributed by atoms with Gasteiger partial charge in [0, 0.05) is 5.69 Å². The van der Waals surface area contributed by atoms with E-state index in [9.17, 15) is 0 Å². The lowest BCUT2D eigenvalue weighted by Crippen LogP contribution is -2.19. The maximum Gasteiger partial charge on any atom is 0.175 e. The van der Waals surface area contributed by atoms with Crippen LogP contribution in [0.3, 0.4) is 0 Å². The summed E-state index contributed by atoms with van der Waals surface area (Å²) in [6, 6.07) is 22.6. The van der Waals surface area contributed by atoms with Crippen molar-refractivity contribution in [2.45, 2.75) is 26.7 Å². The Labute approximate surface area is 172 Å². The summed E-state index contributed by atoms with van der Waals surface area (Å²) in [6.07, 6.45) is 0. The van der Waals surface area contributed by atoms with Gasteiger partial charge in [0.05, 0.1) is 12.8 Å². The summed E-state index contributed by atoms with van der Waals surface area (Å²) in [7, 11) is 1.66. The molecule has 0 aliphatic carbocycles. The first-order valence-electron chi connectivity index (χ1n) is 9.40. The van der Waals surface area contributed by atoms with Gasteiger partial charge in [0.25, 0.3) is 0 Å². The molecule has 0 aliphatic rings. The molecular formula is C24H26N2OS. The topological polar surface area (TPSA) is 33.3 Å². The normalized spacial score (nSPS) is 10.6. The van der Waals surface area contributed by atoms with Gasteiger partial charge in [-0.1, -0.05) is 56.3 Å². The molecule has 0 saturated heterocycles. The van der Waals surface area contributed by atoms with Gasteiger partial charge in [-0.2, -0.15) is 0 Å². The SMILES string of the molecule is COc1ccc(-c2ccccc2)cc1NC(=S)Nc1ccc(C(C)C)c(C)c1. The lowest BCUT2D eigenvalue weighted by atomic mass is 9.98. The van der Waals surface area contributed by atoms with Gasteiger partial charge in [-0.3, -0.25) is 0 Å². The van der Waals surface area contributed by atoms with Crippen LogP contribution in [0.5, 0.6) is 5.75 Å². The van der Waals surface area contributed by atoms with E-state index in [0.717, 1.165) is 28.3 Å². The van der Waals surface area contributed by atoms with Crippen LogP contribution in [0.15, 0.2) is 66.7 Å². The van der Waals surface area contributed by atoms with Gasteiger partial charge < -0.3 is 15.4 Å². The molecule has 0 aliphatic heterocycles.